The predicted molar refractivity (Wildman–Crippen MR) is 114 cm³/mol. The number of hydrogen-bond acceptors (Lipinski definition) is 7. The molecule has 0 saturated carbocycles. The highest BCUT2D eigenvalue weighted by Gasteiger charge is 2.13. The Morgan fingerprint density at radius 2 is 1.80 bits per heavy atom. The molecule has 8 nitrogen and oxygen atoms in total. The van der Waals surface area contributed by atoms with Gasteiger partial charge in [-0.05, 0) is 29.7 Å². The number of methoxy groups -OCH3 is 1. The number of anilines is 2. The lowest BCUT2D eigenvalue weighted by atomic mass is 10.0. The smallest absolute Gasteiger partial charge is 0.308 e. The summed E-state index contributed by atoms with van der Waals surface area (Å²) in [5.41, 5.74) is 2.61. The lowest BCUT2D eigenvalue weighted by molar-refractivity contribution is -0.132. The SMILES string of the molecule is COc1cc2ncnc(Nc3ccc([C@@H](C)CNC(C)=O)cc3)c2cc1OC(C)=O. The van der Waals surface area contributed by atoms with Gasteiger partial charge in [0, 0.05) is 37.5 Å². The normalized spacial score (nSPS) is 11.6. The van der Waals surface area contributed by atoms with Crippen LogP contribution < -0.4 is 20.1 Å². The van der Waals surface area contributed by atoms with Crippen LogP contribution in [-0.4, -0.2) is 35.5 Å². The van der Waals surface area contributed by atoms with Gasteiger partial charge in [0.2, 0.25) is 5.91 Å². The molecular weight excluding hydrogens is 384 g/mol. The molecule has 0 fully saturated rings. The fraction of sp³-hybridized carbons (Fsp3) is 0.273. The Bertz CT molecular complexity index is 1070. The topological polar surface area (TPSA) is 102 Å². The van der Waals surface area contributed by atoms with Crippen LogP contribution >= 0.6 is 0 Å². The number of ether oxygens (including phenoxy) is 2. The Hall–Kier alpha value is -3.68. The van der Waals surface area contributed by atoms with Crippen molar-refractivity contribution in [3.8, 4) is 11.5 Å². The summed E-state index contributed by atoms with van der Waals surface area (Å²) in [4.78, 5) is 31.1. The molecule has 0 saturated heterocycles. The van der Waals surface area contributed by atoms with Crippen molar-refractivity contribution in [2.75, 3.05) is 19.0 Å². The van der Waals surface area contributed by atoms with Gasteiger partial charge in [0.15, 0.2) is 11.5 Å². The van der Waals surface area contributed by atoms with Crippen LogP contribution in [0.5, 0.6) is 11.5 Å². The number of benzene rings is 2. The van der Waals surface area contributed by atoms with Gasteiger partial charge < -0.3 is 20.1 Å². The lowest BCUT2D eigenvalue weighted by Crippen LogP contribution is -2.24. The number of amides is 1. The van der Waals surface area contributed by atoms with E-state index >= 15 is 0 Å². The number of aromatic nitrogens is 2. The van der Waals surface area contributed by atoms with E-state index in [0.717, 1.165) is 11.3 Å². The number of rotatable bonds is 7. The minimum absolute atomic E-state index is 0.0412. The Kier molecular flexibility index (Phi) is 6.46. The summed E-state index contributed by atoms with van der Waals surface area (Å²) in [5.74, 6) is 1.01. The average molecular weight is 408 g/mol. The largest absolute Gasteiger partial charge is 0.493 e. The summed E-state index contributed by atoms with van der Waals surface area (Å²) in [6, 6.07) is 11.3. The highest BCUT2D eigenvalue weighted by atomic mass is 16.6. The number of carbonyl (C=O) groups excluding carboxylic acids is 2. The van der Waals surface area contributed by atoms with E-state index in [4.69, 9.17) is 9.47 Å². The Labute approximate surface area is 174 Å². The fourth-order valence-electron chi connectivity index (χ4n) is 3.00. The zero-order valence-electron chi connectivity index (χ0n) is 17.4. The number of nitrogens with zero attached hydrogens (tertiary/aromatic N) is 2. The Morgan fingerprint density at radius 3 is 2.43 bits per heavy atom. The van der Waals surface area contributed by atoms with E-state index in [1.165, 1.54) is 27.3 Å². The first-order chi connectivity index (χ1) is 14.4. The molecule has 8 heteroatoms. The monoisotopic (exact) mass is 408 g/mol. The van der Waals surface area contributed by atoms with Crippen molar-refractivity contribution in [2.45, 2.75) is 26.7 Å². The van der Waals surface area contributed by atoms with Gasteiger partial charge >= 0.3 is 5.97 Å². The number of nitrogens with one attached hydrogen (secondary N) is 2. The molecule has 0 spiro atoms. The summed E-state index contributed by atoms with van der Waals surface area (Å²) < 4.78 is 10.6. The third kappa shape index (κ3) is 5.02. The molecule has 1 atom stereocenters. The highest BCUT2D eigenvalue weighted by Crippen LogP contribution is 2.35. The minimum atomic E-state index is -0.442. The second-order valence-corrected chi connectivity index (χ2v) is 6.92. The molecule has 30 heavy (non-hydrogen) atoms. The molecule has 3 aromatic rings. The van der Waals surface area contributed by atoms with E-state index < -0.39 is 5.97 Å². The Balaban J connectivity index is 1.86. The van der Waals surface area contributed by atoms with Gasteiger partial charge in [-0.15, -0.1) is 0 Å². The quantitative estimate of drug-likeness (QED) is 0.455. The Morgan fingerprint density at radius 1 is 1.07 bits per heavy atom. The zero-order valence-corrected chi connectivity index (χ0v) is 17.4. The van der Waals surface area contributed by atoms with Gasteiger partial charge in [-0.1, -0.05) is 19.1 Å². The van der Waals surface area contributed by atoms with Crippen molar-refractivity contribution in [2.24, 2.45) is 0 Å². The maximum absolute atomic E-state index is 11.4. The van der Waals surface area contributed by atoms with Crippen LogP contribution in [0.4, 0.5) is 11.5 Å². The van der Waals surface area contributed by atoms with Gasteiger partial charge in [0.05, 0.1) is 12.6 Å². The van der Waals surface area contributed by atoms with Crippen LogP contribution in [0.25, 0.3) is 10.9 Å². The maximum atomic E-state index is 11.4. The molecule has 2 aromatic carbocycles. The molecule has 2 N–H and O–H groups in total. The molecule has 1 heterocycles. The van der Waals surface area contributed by atoms with Gasteiger partial charge in [0.1, 0.15) is 12.1 Å². The summed E-state index contributed by atoms with van der Waals surface area (Å²) in [6.45, 7) is 5.48. The molecule has 0 unspecified atom stereocenters. The van der Waals surface area contributed by atoms with E-state index in [1.807, 2.05) is 24.3 Å². The van der Waals surface area contributed by atoms with Gasteiger partial charge in [-0.25, -0.2) is 9.97 Å². The molecule has 1 aromatic heterocycles. The van der Waals surface area contributed by atoms with Crippen LogP contribution in [-0.2, 0) is 9.59 Å². The first-order valence-electron chi connectivity index (χ1n) is 9.50. The van der Waals surface area contributed by atoms with Gasteiger partial charge in [0.25, 0.3) is 0 Å². The molecule has 0 bridgehead atoms. The third-order valence-corrected chi connectivity index (χ3v) is 4.57. The standard InChI is InChI=1S/C22H24N4O4/c1-13(11-23-14(2)27)16-5-7-17(8-6-16)26-22-18-9-21(30-15(3)28)20(29-4)10-19(18)24-12-25-22/h5-10,12-13H,11H2,1-4H3,(H,23,27)(H,24,25,26)/t13-/m0/s1. The molecular formula is C22H24N4O4. The lowest BCUT2D eigenvalue weighted by Gasteiger charge is -2.14. The second-order valence-electron chi connectivity index (χ2n) is 6.92. The number of fused-ring (bicyclic) bond motifs is 1. The summed E-state index contributed by atoms with van der Waals surface area (Å²) >= 11 is 0. The number of esters is 1. The maximum Gasteiger partial charge on any atom is 0.308 e. The first kappa shape index (κ1) is 21.0. The van der Waals surface area contributed by atoms with Crippen molar-refractivity contribution in [1.29, 1.82) is 0 Å². The van der Waals surface area contributed by atoms with Crippen LogP contribution in [0.3, 0.4) is 0 Å². The first-order valence-corrected chi connectivity index (χ1v) is 9.50. The van der Waals surface area contributed by atoms with Crippen molar-refractivity contribution in [3.63, 3.8) is 0 Å². The van der Waals surface area contributed by atoms with Crippen LogP contribution in [0.2, 0.25) is 0 Å². The van der Waals surface area contributed by atoms with Gasteiger partial charge in [-0.3, -0.25) is 9.59 Å². The van der Waals surface area contributed by atoms with Crippen molar-refractivity contribution < 1.29 is 19.1 Å². The van der Waals surface area contributed by atoms with Crippen LogP contribution in [0.15, 0.2) is 42.7 Å². The van der Waals surface area contributed by atoms with Crippen LogP contribution in [0, 0.1) is 0 Å². The van der Waals surface area contributed by atoms with E-state index in [-0.39, 0.29) is 11.8 Å². The van der Waals surface area contributed by atoms with Crippen LogP contribution in [0.1, 0.15) is 32.3 Å². The van der Waals surface area contributed by atoms with Crippen molar-refractivity contribution >= 4 is 34.3 Å². The number of hydrogen-bond donors (Lipinski definition) is 2. The molecule has 3 rings (SSSR count). The molecule has 0 aliphatic carbocycles. The fourth-order valence-corrected chi connectivity index (χ4v) is 3.00. The van der Waals surface area contributed by atoms with E-state index in [1.54, 1.807) is 12.1 Å². The molecule has 0 aliphatic rings. The van der Waals surface area contributed by atoms with Crippen molar-refractivity contribution in [3.05, 3.63) is 48.3 Å². The second kappa shape index (κ2) is 9.21. The molecule has 1 amide bonds. The highest BCUT2D eigenvalue weighted by molar-refractivity contribution is 5.93. The summed E-state index contributed by atoms with van der Waals surface area (Å²) in [5, 5.41) is 6.80. The van der Waals surface area contributed by atoms with Gasteiger partial charge in [-0.2, -0.15) is 0 Å². The number of carbonyl (C=O) groups is 2. The zero-order chi connectivity index (χ0) is 21.7. The van der Waals surface area contributed by atoms with Crippen molar-refractivity contribution in [1.82, 2.24) is 15.3 Å². The molecule has 0 radical (unpaired) electrons. The third-order valence-electron chi connectivity index (χ3n) is 4.57. The minimum Gasteiger partial charge on any atom is -0.493 e. The van der Waals surface area contributed by atoms with E-state index in [9.17, 15) is 9.59 Å². The van der Waals surface area contributed by atoms with E-state index in [2.05, 4.69) is 27.5 Å². The average Bonchev–Trinajstić information content (AvgIpc) is 2.72. The summed E-state index contributed by atoms with van der Waals surface area (Å²) in [7, 11) is 1.50. The molecule has 0 aliphatic heterocycles. The van der Waals surface area contributed by atoms with E-state index in [0.29, 0.717) is 34.8 Å². The molecule has 156 valence electrons. The summed E-state index contributed by atoms with van der Waals surface area (Å²) in [6.07, 6.45) is 1.46. The predicted octanol–water partition coefficient (Wildman–Crippen LogP) is 3.55.